The number of nitrogens with one attached hydrogen (secondary N) is 3. The number of hydrogen-bond donors (Lipinski definition) is 3. The number of ether oxygens (including phenoxy) is 1. The topological polar surface area (TPSA) is 91.8 Å². The van der Waals surface area contributed by atoms with Crippen molar-refractivity contribution in [3.8, 4) is 0 Å². The summed E-state index contributed by atoms with van der Waals surface area (Å²) in [7, 11) is -1.37. The van der Waals surface area contributed by atoms with Crippen LogP contribution in [0.25, 0.3) is 0 Å². The van der Waals surface area contributed by atoms with Crippen LogP contribution >= 0.6 is 0 Å². The van der Waals surface area contributed by atoms with E-state index in [0.29, 0.717) is 25.6 Å². The third-order valence-corrected chi connectivity index (χ3v) is 4.48. The molecule has 1 aliphatic rings. The molecule has 0 unspecified atom stereocenters. The van der Waals surface area contributed by atoms with Crippen LogP contribution in [0.5, 0.6) is 0 Å². The predicted octanol–water partition coefficient (Wildman–Crippen LogP) is 0.830. The fraction of sp³-hybridized carbons (Fsp3) is 0.933. The second-order valence-corrected chi connectivity index (χ2v) is 7.76. The molecule has 0 saturated heterocycles. The van der Waals surface area contributed by atoms with Crippen molar-refractivity contribution in [3.05, 3.63) is 0 Å². The Bertz CT molecular complexity index is 434. The zero-order valence-electron chi connectivity index (χ0n) is 14.4. The molecule has 7 nitrogen and oxygen atoms in total. The van der Waals surface area contributed by atoms with Gasteiger partial charge in [-0.3, -0.25) is 4.99 Å². The molecule has 0 amide bonds. The van der Waals surface area contributed by atoms with Crippen molar-refractivity contribution in [2.45, 2.75) is 51.0 Å². The van der Waals surface area contributed by atoms with Crippen LogP contribution in [-0.2, 0) is 14.8 Å². The summed E-state index contributed by atoms with van der Waals surface area (Å²) in [5.74, 6) is 0.738. The van der Waals surface area contributed by atoms with Gasteiger partial charge in [0.25, 0.3) is 0 Å². The lowest BCUT2D eigenvalue weighted by atomic mass is 9.98. The summed E-state index contributed by atoms with van der Waals surface area (Å²) in [6.07, 6.45) is 9.64. The first kappa shape index (κ1) is 20.2. The Labute approximate surface area is 140 Å². The highest BCUT2D eigenvalue weighted by Crippen LogP contribution is 2.20. The van der Waals surface area contributed by atoms with Crippen LogP contribution in [0.2, 0.25) is 0 Å². The maximum absolute atomic E-state index is 10.9. The zero-order valence-corrected chi connectivity index (χ0v) is 15.3. The van der Waals surface area contributed by atoms with Crippen molar-refractivity contribution in [1.29, 1.82) is 0 Å². The number of sulfonamides is 1. The number of guanidine groups is 1. The smallest absolute Gasteiger partial charge is 0.208 e. The van der Waals surface area contributed by atoms with Gasteiger partial charge in [0.05, 0.1) is 12.4 Å². The van der Waals surface area contributed by atoms with E-state index in [0.717, 1.165) is 31.8 Å². The van der Waals surface area contributed by atoms with Crippen molar-refractivity contribution in [3.63, 3.8) is 0 Å². The fourth-order valence-corrected chi connectivity index (χ4v) is 3.05. The molecule has 0 heterocycles. The van der Waals surface area contributed by atoms with E-state index in [-0.39, 0.29) is 0 Å². The first-order valence-corrected chi connectivity index (χ1v) is 10.4. The van der Waals surface area contributed by atoms with Gasteiger partial charge in [-0.1, -0.05) is 19.3 Å². The van der Waals surface area contributed by atoms with E-state index in [1.165, 1.54) is 32.1 Å². The largest absolute Gasteiger partial charge is 0.378 e. The van der Waals surface area contributed by atoms with E-state index in [2.05, 4.69) is 20.3 Å². The molecule has 1 saturated carbocycles. The summed E-state index contributed by atoms with van der Waals surface area (Å²) >= 11 is 0. The molecular weight excluding hydrogens is 316 g/mol. The normalized spacial score (nSPS) is 17.2. The highest BCUT2D eigenvalue weighted by Gasteiger charge is 2.12. The Balaban J connectivity index is 1.98. The lowest BCUT2D eigenvalue weighted by Crippen LogP contribution is -2.39. The van der Waals surface area contributed by atoms with Gasteiger partial charge in [0.2, 0.25) is 10.0 Å². The van der Waals surface area contributed by atoms with Crippen molar-refractivity contribution < 1.29 is 13.2 Å². The molecule has 1 aliphatic carbocycles. The van der Waals surface area contributed by atoms with Crippen molar-refractivity contribution in [2.24, 2.45) is 4.99 Å². The number of nitrogens with zero attached hydrogens (tertiary/aromatic N) is 1. The Kier molecular flexibility index (Phi) is 10.2. The molecule has 0 radical (unpaired) electrons. The molecular formula is C15H32N4O3S. The van der Waals surface area contributed by atoms with Gasteiger partial charge in [0.1, 0.15) is 0 Å². The van der Waals surface area contributed by atoms with Crippen LogP contribution in [0.15, 0.2) is 4.99 Å². The molecule has 0 aromatic rings. The first-order valence-electron chi connectivity index (χ1n) is 8.52. The quantitative estimate of drug-likeness (QED) is 0.309. The van der Waals surface area contributed by atoms with Gasteiger partial charge in [-0.25, -0.2) is 13.1 Å². The van der Waals surface area contributed by atoms with Crippen LogP contribution in [0.1, 0.15) is 44.9 Å². The van der Waals surface area contributed by atoms with Gasteiger partial charge in [-0.2, -0.15) is 0 Å². The first-order chi connectivity index (χ1) is 11.0. The van der Waals surface area contributed by atoms with E-state index in [1.54, 1.807) is 7.05 Å². The van der Waals surface area contributed by atoms with Gasteiger partial charge < -0.3 is 15.4 Å². The molecule has 23 heavy (non-hydrogen) atoms. The van der Waals surface area contributed by atoms with Crippen molar-refractivity contribution in [1.82, 2.24) is 15.4 Å². The van der Waals surface area contributed by atoms with Crippen LogP contribution < -0.4 is 15.4 Å². The molecule has 1 fully saturated rings. The summed E-state index contributed by atoms with van der Waals surface area (Å²) in [5, 5.41) is 6.39. The van der Waals surface area contributed by atoms with Gasteiger partial charge in [-0.05, 0) is 25.7 Å². The van der Waals surface area contributed by atoms with Crippen LogP contribution in [0.4, 0.5) is 0 Å². The van der Waals surface area contributed by atoms with Crippen molar-refractivity contribution >= 4 is 16.0 Å². The van der Waals surface area contributed by atoms with Crippen LogP contribution in [0.3, 0.4) is 0 Å². The summed E-state index contributed by atoms with van der Waals surface area (Å²) < 4.78 is 30.2. The third kappa shape index (κ3) is 11.3. The lowest BCUT2D eigenvalue weighted by Gasteiger charge is -2.22. The van der Waals surface area contributed by atoms with Gasteiger partial charge >= 0.3 is 0 Å². The predicted molar refractivity (Wildman–Crippen MR) is 94.3 cm³/mol. The van der Waals surface area contributed by atoms with Gasteiger partial charge in [0, 0.05) is 33.3 Å². The minimum Gasteiger partial charge on any atom is -0.378 e. The highest BCUT2D eigenvalue weighted by atomic mass is 32.2. The van der Waals surface area contributed by atoms with Crippen molar-refractivity contribution in [2.75, 3.05) is 39.5 Å². The van der Waals surface area contributed by atoms with Gasteiger partial charge in [-0.15, -0.1) is 0 Å². The van der Waals surface area contributed by atoms with E-state index >= 15 is 0 Å². The molecule has 3 N–H and O–H groups in total. The Morgan fingerprint density at radius 3 is 2.35 bits per heavy atom. The minimum absolute atomic E-state index is 0.429. The second kappa shape index (κ2) is 11.6. The summed E-state index contributed by atoms with van der Waals surface area (Å²) in [5.41, 5.74) is 0. The fourth-order valence-electron chi connectivity index (χ4n) is 2.53. The highest BCUT2D eigenvalue weighted by molar-refractivity contribution is 7.88. The maximum atomic E-state index is 10.9. The van der Waals surface area contributed by atoms with E-state index in [4.69, 9.17) is 4.74 Å². The Morgan fingerprint density at radius 2 is 1.74 bits per heavy atom. The lowest BCUT2D eigenvalue weighted by molar-refractivity contribution is 0.0277. The minimum atomic E-state index is -3.10. The standard InChI is InChI=1S/C15H32N4O3S/c1-16-15(17-10-6-12-19-23(2,20)21)18-11-7-13-22-14-8-4-3-5-9-14/h14,19H,3-13H2,1-2H3,(H2,16,17,18). The molecule has 1 rings (SSSR count). The molecule has 0 atom stereocenters. The van der Waals surface area contributed by atoms with E-state index in [1.807, 2.05) is 0 Å². The zero-order chi connectivity index (χ0) is 17.0. The van der Waals surface area contributed by atoms with Gasteiger partial charge in [0.15, 0.2) is 5.96 Å². The molecule has 8 heteroatoms. The molecule has 0 aromatic carbocycles. The Morgan fingerprint density at radius 1 is 1.09 bits per heavy atom. The summed E-state index contributed by atoms with van der Waals surface area (Å²) in [6, 6.07) is 0. The number of aliphatic imine (C=N–C) groups is 1. The van der Waals surface area contributed by atoms with Crippen LogP contribution in [-0.4, -0.2) is 60.0 Å². The van der Waals surface area contributed by atoms with Crippen LogP contribution in [0, 0.1) is 0 Å². The summed E-state index contributed by atoms with van der Waals surface area (Å²) in [6.45, 7) is 2.69. The SMILES string of the molecule is CN=C(NCCCNS(C)(=O)=O)NCCCOC1CCCCC1. The average Bonchev–Trinajstić information content (AvgIpc) is 2.52. The molecule has 0 spiro atoms. The monoisotopic (exact) mass is 348 g/mol. The molecule has 0 aliphatic heterocycles. The summed E-state index contributed by atoms with van der Waals surface area (Å²) in [4.78, 5) is 4.14. The average molecular weight is 349 g/mol. The molecule has 136 valence electrons. The number of hydrogen-bond acceptors (Lipinski definition) is 4. The molecule has 0 aromatic heterocycles. The maximum Gasteiger partial charge on any atom is 0.208 e. The number of rotatable bonds is 10. The van der Waals surface area contributed by atoms with E-state index in [9.17, 15) is 8.42 Å². The second-order valence-electron chi connectivity index (χ2n) is 5.93. The molecule has 0 bridgehead atoms. The van der Waals surface area contributed by atoms with E-state index < -0.39 is 10.0 Å². The Hall–Kier alpha value is -0.860. The third-order valence-electron chi connectivity index (χ3n) is 3.75.